The lowest BCUT2D eigenvalue weighted by atomic mass is 10.1. The first-order valence-corrected chi connectivity index (χ1v) is 12.5. The number of nitrogens with one attached hydrogen (secondary N) is 2. The van der Waals surface area contributed by atoms with Crippen molar-refractivity contribution in [2.24, 2.45) is 9.98 Å². The van der Waals surface area contributed by atoms with E-state index >= 15 is 0 Å². The Hall–Kier alpha value is -4.38. The summed E-state index contributed by atoms with van der Waals surface area (Å²) in [5.41, 5.74) is 1.88. The number of nitrogens with zero attached hydrogens (tertiary/aromatic N) is 3. The first-order chi connectivity index (χ1) is 18.0. The summed E-state index contributed by atoms with van der Waals surface area (Å²) >= 11 is 1.12. The number of para-hydroxylation sites is 3. The van der Waals surface area contributed by atoms with Gasteiger partial charge in [-0.3, -0.25) is 19.4 Å². The molecule has 2 aromatic carbocycles. The van der Waals surface area contributed by atoms with Gasteiger partial charge in [0.15, 0.2) is 5.17 Å². The molecule has 2 N–H and O–H groups in total. The molecule has 1 aromatic heterocycles. The van der Waals surface area contributed by atoms with Crippen LogP contribution in [0, 0.1) is 0 Å². The van der Waals surface area contributed by atoms with Crippen LogP contribution >= 0.6 is 11.8 Å². The summed E-state index contributed by atoms with van der Waals surface area (Å²) in [6.07, 6.45) is 1.41. The zero-order chi connectivity index (χ0) is 25.8. The second kappa shape index (κ2) is 10.7. The quantitative estimate of drug-likeness (QED) is 0.472. The van der Waals surface area contributed by atoms with E-state index in [4.69, 9.17) is 9.15 Å². The number of ether oxygens (including phenoxy) is 1. The number of carbonyl (C=O) groups excluding carboxylic acids is 3. The van der Waals surface area contributed by atoms with E-state index in [0.717, 1.165) is 11.8 Å². The van der Waals surface area contributed by atoms with Gasteiger partial charge in [-0.15, -0.1) is 0 Å². The molecule has 0 saturated heterocycles. The Labute approximate surface area is 216 Å². The van der Waals surface area contributed by atoms with Crippen molar-refractivity contribution in [3.63, 3.8) is 0 Å². The number of hydrogen-bond acceptors (Lipinski definition) is 8. The van der Waals surface area contributed by atoms with E-state index in [1.807, 2.05) is 30.3 Å². The Morgan fingerprint density at radius 1 is 1.08 bits per heavy atom. The topological polar surface area (TPSA) is 126 Å². The first-order valence-electron chi connectivity index (χ1n) is 11.5. The zero-order valence-corrected chi connectivity index (χ0v) is 20.7. The predicted octanol–water partition coefficient (Wildman–Crippen LogP) is 3.33. The number of furan rings is 1. The largest absolute Gasteiger partial charge is 0.495 e. The number of benzene rings is 2. The molecule has 0 saturated carbocycles. The lowest BCUT2D eigenvalue weighted by Crippen LogP contribution is -2.42. The van der Waals surface area contributed by atoms with Crippen molar-refractivity contribution < 1.29 is 23.5 Å². The zero-order valence-electron chi connectivity index (χ0n) is 19.8. The predicted molar refractivity (Wildman–Crippen MR) is 140 cm³/mol. The highest BCUT2D eigenvalue weighted by Crippen LogP contribution is 2.34. The molecule has 188 valence electrons. The molecule has 1 atom stereocenters. The fourth-order valence-corrected chi connectivity index (χ4v) is 4.74. The lowest BCUT2D eigenvalue weighted by molar-refractivity contribution is -0.128. The molecule has 10 nitrogen and oxygen atoms in total. The molecular formula is C26H23N5O5S. The van der Waals surface area contributed by atoms with Crippen molar-refractivity contribution in [2.75, 3.05) is 18.2 Å². The molecule has 3 amide bonds. The maximum absolute atomic E-state index is 13.3. The Morgan fingerprint density at radius 3 is 2.70 bits per heavy atom. The van der Waals surface area contributed by atoms with Gasteiger partial charge < -0.3 is 19.8 Å². The van der Waals surface area contributed by atoms with Gasteiger partial charge in [0, 0.05) is 5.56 Å². The van der Waals surface area contributed by atoms with Gasteiger partial charge in [0.05, 0.1) is 43.5 Å². The van der Waals surface area contributed by atoms with Crippen molar-refractivity contribution in [2.45, 2.75) is 19.0 Å². The van der Waals surface area contributed by atoms with E-state index in [1.54, 1.807) is 30.3 Å². The second-order valence-corrected chi connectivity index (χ2v) is 9.09. The number of amides is 3. The first kappa shape index (κ1) is 24.3. The number of methoxy groups -OCH3 is 1. The number of rotatable bonds is 8. The molecule has 0 bridgehead atoms. The molecule has 2 aliphatic rings. The summed E-state index contributed by atoms with van der Waals surface area (Å²) in [6.45, 7) is 0.222. The van der Waals surface area contributed by atoms with Gasteiger partial charge in [0.1, 0.15) is 23.4 Å². The minimum atomic E-state index is -0.897. The lowest BCUT2D eigenvalue weighted by Gasteiger charge is -2.25. The third kappa shape index (κ3) is 5.26. The number of aliphatic imine (C=N–C) groups is 2. The number of amidine groups is 2. The fourth-order valence-electron chi connectivity index (χ4n) is 3.94. The van der Waals surface area contributed by atoms with Crippen molar-refractivity contribution in [3.05, 3.63) is 78.3 Å². The van der Waals surface area contributed by atoms with Crippen LogP contribution in [0.2, 0.25) is 0 Å². The van der Waals surface area contributed by atoms with E-state index in [9.17, 15) is 14.4 Å². The molecule has 2 aliphatic heterocycles. The van der Waals surface area contributed by atoms with E-state index < -0.39 is 6.04 Å². The minimum absolute atomic E-state index is 0.00437. The summed E-state index contributed by atoms with van der Waals surface area (Å²) in [5.74, 6) is 0.610. The van der Waals surface area contributed by atoms with Gasteiger partial charge >= 0.3 is 0 Å². The third-order valence-electron chi connectivity index (χ3n) is 5.68. The molecule has 5 rings (SSSR count). The maximum atomic E-state index is 13.3. The molecule has 0 aliphatic carbocycles. The SMILES string of the molecule is COc1ccccc1NC(=O)CSC1=Nc2ccccc2C2=N[C@H](CC(=O)NCc3ccco3)C(=O)N12. The van der Waals surface area contributed by atoms with Crippen LogP contribution in [0.4, 0.5) is 11.4 Å². The normalized spacial score (nSPS) is 15.9. The monoisotopic (exact) mass is 517 g/mol. The van der Waals surface area contributed by atoms with Crippen LogP contribution in [-0.4, -0.2) is 52.5 Å². The molecule has 0 unspecified atom stereocenters. The second-order valence-electron chi connectivity index (χ2n) is 8.15. The van der Waals surface area contributed by atoms with Crippen LogP contribution in [0.15, 0.2) is 81.3 Å². The summed E-state index contributed by atoms with van der Waals surface area (Å²) in [4.78, 5) is 49.2. The summed E-state index contributed by atoms with van der Waals surface area (Å²) in [5, 5.41) is 5.89. The highest BCUT2D eigenvalue weighted by Gasteiger charge is 2.42. The number of hydrogen-bond donors (Lipinski definition) is 2. The average Bonchev–Trinajstić information content (AvgIpc) is 3.55. The van der Waals surface area contributed by atoms with Gasteiger partial charge in [-0.25, -0.2) is 9.89 Å². The summed E-state index contributed by atoms with van der Waals surface area (Å²) < 4.78 is 10.5. The van der Waals surface area contributed by atoms with Crippen molar-refractivity contribution in [1.82, 2.24) is 10.2 Å². The summed E-state index contributed by atoms with van der Waals surface area (Å²) in [7, 11) is 1.53. The van der Waals surface area contributed by atoms with Crippen molar-refractivity contribution in [1.29, 1.82) is 0 Å². The Balaban J connectivity index is 1.29. The molecule has 3 heterocycles. The minimum Gasteiger partial charge on any atom is -0.495 e. The Kier molecular flexibility index (Phi) is 7.04. The molecule has 0 radical (unpaired) electrons. The maximum Gasteiger partial charge on any atom is 0.259 e. The van der Waals surface area contributed by atoms with Gasteiger partial charge in [-0.05, 0) is 36.4 Å². The Morgan fingerprint density at radius 2 is 1.89 bits per heavy atom. The third-order valence-corrected chi connectivity index (χ3v) is 6.62. The standard InChI is InChI=1S/C26H23N5O5S/c1-35-21-11-5-4-10-19(21)28-23(33)15-37-26-30-18-9-3-2-8-17(18)24-29-20(25(34)31(24)26)13-22(32)27-14-16-7-6-12-36-16/h2-12,20H,13-15H2,1H3,(H,27,32)(H,28,33)/t20-/m1/s1. The van der Waals surface area contributed by atoms with Gasteiger partial charge in [0.25, 0.3) is 5.91 Å². The molecule has 11 heteroatoms. The van der Waals surface area contributed by atoms with Gasteiger partial charge in [0.2, 0.25) is 11.8 Å². The van der Waals surface area contributed by atoms with E-state index in [-0.39, 0.29) is 36.4 Å². The number of anilines is 1. The molecule has 0 spiro atoms. The molecule has 0 fully saturated rings. The molecule has 37 heavy (non-hydrogen) atoms. The van der Waals surface area contributed by atoms with E-state index in [0.29, 0.717) is 39.5 Å². The highest BCUT2D eigenvalue weighted by molar-refractivity contribution is 8.14. The summed E-state index contributed by atoms with van der Waals surface area (Å²) in [6, 6.07) is 17.0. The van der Waals surface area contributed by atoms with Crippen LogP contribution in [0.3, 0.4) is 0 Å². The van der Waals surface area contributed by atoms with Crippen LogP contribution in [-0.2, 0) is 20.9 Å². The number of carbonyl (C=O) groups is 3. The van der Waals surface area contributed by atoms with Crippen molar-refractivity contribution >= 4 is 51.9 Å². The average molecular weight is 518 g/mol. The Bertz CT molecular complexity index is 1400. The smallest absolute Gasteiger partial charge is 0.259 e. The van der Waals surface area contributed by atoms with Crippen LogP contribution in [0.25, 0.3) is 0 Å². The van der Waals surface area contributed by atoms with Crippen molar-refractivity contribution in [3.8, 4) is 5.75 Å². The number of thioether (sulfide) groups is 1. The van der Waals surface area contributed by atoms with E-state index in [1.165, 1.54) is 18.3 Å². The van der Waals surface area contributed by atoms with Gasteiger partial charge in [-0.2, -0.15) is 0 Å². The number of fused-ring (bicyclic) bond motifs is 3. The van der Waals surface area contributed by atoms with Gasteiger partial charge in [-0.1, -0.05) is 36.0 Å². The highest BCUT2D eigenvalue weighted by atomic mass is 32.2. The van der Waals surface area contributed by atoms with Crippen LogP contribution in [0.1, 0.15) is 17.7 Å². The van der Waals surface area contributed by atoms with Crippen LogP contribution < -0.4 is 15.4 Å². The molecular weight excluding hydrogens is 494 g/mol. The molecule has 3 aromatic rings. The van der Waals surface area contributed by atoms with Crippen LogP contribution in [0.5, 0.6) is 5.75 Å². The van der Waals surface area contributed by atoms with E-state index in [2.05, 4.69) is 20.6 Å². The fraction of sp³-hybridized carbons (Fsp3) is 0.192.